The van der Waals surface area contributed by atoms with Crippen LogP contribution in [-0.4, -0.2) is 24.3 Å². The van der Waals surface area contributed by atoms with Crippen molar-refractivity contribution in [2.45, 2.75) is 20.5 Å². The Morgan fingerprint density at radius 3 is 2.55 bits per heavy atom. The first-order valence-electron chi connectivity index (χ1n) is 8.96. The molecular formula is C22H20BrClN2O3. The molecule has 1 heterocycles. The average Bonchev–Trinajstić information content (AvgIpc) is 2.75. The Hall–Kier alpha value is -2.57. The highest BCUT2D eigenvalue weighted by Gasteiger charge is 2.36. The third-order valence-electron chi connectivity index (χ3n) is 4.36. The topological polar surface area (TPSA) is 51.1 Å². The molecule has 0 bridgehead atoms. The van der Waals surface area contributed by atoms with E-state index < -0.39 is 5.97 Å². The van der Waals surface area contributed by atoms with Crippen molar-refractivity contribution < 1.29 is 14.3 Å². The SMILES string of the molecule is C/C=N\N1C(C(=O)OC)=C(OCc2ccccc2)c2ccc(Cl)c(Br)c2/C1=C\C. The number of hydrogen-bond donors (Lipinski definition) is 0. The normalized spacial score (nSPS) is 15.1. The Labute approximate surface area is 183 Å². The van der Waals surface area contributed by atoms with E-state index in [0.717, 1.165) is 16.7 Å². The van der Waals surface area contributed by atoms with E-state index in [0.29, 0.717) is 21.0 Å². The number of hydrogen-bond acceptors (Lipinski definition) is 5. The molecule has 29 heavy (non-hydrogen) atoms. The molecule has 5 nitrogen and oxygen atoms in total. The van der Waals surface area contributed by atoms with E-state index in [4.69, 9.17) is 21.1 Å². The summed E-state index contributed by atoms with van der Waals surface area (Å²) in [6, 6.07) is 13.3. The van der Waals surface area contributed by atoms with Gasteiger partial charge in [-0.25, -0.2) is 9.80 Å². The molecule has 3 rings (SSSR count). The number of rotatable bonds is 5. The minimum atomic E-state index is -0.547. The quantitative estimate of drug-likeness (QED) is 0.402. The number of methoxy groups -OCH3 is 1. The lowest BCUT2D eigenvalue weighted by molar-refractivity contribution is -0.137. The predicted molar refractivity (Wildman–Crippen MR) is 119 cm³/mol. The highest BCUT2D eigenvalue weighted by atomic mass is 79.9. The number of carbonyl (C=O) groups is 1. The second kappa shape index (κ2) is 9.29. The van der Waals surface area contributed by atoms with Crippen LogP contribution in [0.15, 0.2) is 63.8 Å². The van der Waals surface area contributed by atoms with E-state index >= 15 is 0 Å². The number of allylic oxidation sites excluding steroid dienone is 1. The zero-order chi connectivity index (χ0) is 21.0. The molecule has 0 saturated heterocycles. The van der Waals surface area contributed by atoms with Gasteiger partial charge >= 0.3 is 5.97 Å². The van der Waals surface area contributed by atoms with Gasteiger partial charge in [0.15, 0.2) is 11.5 Å². The molecule has 1 aliphatic heterocycles. The van der Waals surface area contributed by atoms with E-state index in [1.807, 2.05) is 49.4 Å². The van der Waals surface area contributed by atoms with Crippen LogP contribution in [0.5, 0.6) is 0 Å². The minimum Gasteiger partial charge on any atom is -0.486 e. The van der Waals surface area contributed by atoms with Crippen molar-refractivity contribution in [3.63, 3.8) is 0 Å². The van der Waals surface area contributed by atoms with E-state index in [2.05, 4.69) is 21.0 Å². The van der Waals surface area contributed by atoms with Crippen LogP contribution in [0.4, 0.5) is 0 Å². The Morgan fingerprint density at radius 2 is 1.93 bits per heavy atom. The van der Waals surface area contributed by atoms with Crippen LogP contribution < -0.4 is 0 Å². The number of carbonyl (C=O) groups excluding carboxylic acids is 1. The molecule has 7 heteroatoms. The summed E-state index contributed by atoms with van der Waals surface area (Å²) in [5.74, 6) is -0.168. The number of fused-ring (bicyclic) bond motifs is 1. The van der Waals surface area contributed by atoms with Gasteiger partial charge in [-0.1, -0.05) is 48.0 Å². The van der Waals surface area contributed by atoms with Gasteiger partial charge in [-0.2, -0.15) is 5.10 Å². The van der Waals surface area contributed by atoms with Crippen molar-refractivity contribution in [3.05, 3.63) is 80.4 Å². The summed E-state index contributed by atoms with van der Waals surface area (Å²) in [5, 5.41) is 6.47. The molecule has 0 fully saturated rings. The van der Waals surface area contributed by atoms with Crippen molar-refractivity contribution in [1.82, 2.24) is 5.01 Å². The molecule has 0 N–H and O–H groups in total. The second-order valence-electron chi connectivity index (χ2n) is 6.09. The number of benzene rings is 2. The first-order chi connectivity index (χ1) is 14.0. The molecule has 1 aliphatic rings. The standard InChI is InChI=1S/C22H20BrClN2O3/c1-4-17-18-15(11-12-16(24)19(18)23)21(29-13-14-9-7-6-8-10-14)20(22(27)28-3)26(17)25-5-2/h4-12H,13H2,1-3H3/b17-4+,25-5-. The van der Waals surface area contributed by atoms with Crippen molar-refractivity contribution in [2.24, 2.45) is 5.10 Å². The lowest BCUT2D eigenvalue weighted by Crippen LogP contribution is -2.29. The van der Waals surface area contributed by atoms with Gasteiger partial charge in [0.05, 0.1) is 17.8 Å². The largest absolute Gasteiger partial charge is 0.486 e. The van der Waals surface area contributed by atoms with Crippen LogP contribution in [0, 0.1) is 0 Å². The molecule has 0 radical (unpaired) electrons. The molecular weight excluding hydrogens is 456 g/mol. The Morgan fingerprint density at radius 1 is 1.21 bits per heavy atom. The molecule has 0 aromatic heterocycles. The number of nitrogens with zero attached hydrogens (tertiary/aromatic N) is 2. The molecule has 0 aliphatic carbocycles. The third kappa shape index (κ3) is 4.09. The average molecular weight is 476 g/mol. The first-order valence-corrected chi connectivity index (χ1v) is 10.1. The minimum absolute atomic E-state index is 0.205. The number of esters is 1. The summed E-state index contributed by atoms with van der Waals surface area (Å²) >= 11 is 9.94. The predicted octanol–water partition coefficient (Wildman–Crippen LogP) is 5.84. The fourth-order valence-corrected chi connectivity index (χ4v) is 3.80. The molecule has 0 amide bonds. The summed E-state index contributed by atoms with van der Waals surface area (Å²) in [5.41, 5.74) is 3.40. The molecule has 0 unspecified atom stereocenters. The van der Waals surface area contributed by atoms with Crippen LogP contribution in [0.25, 0.3) is 11.5 Å². The summed E-state index contributed by atoms with van der Waals surface area (Å²) in [6.07, 6.45) is 3.47. The van der Waals surface area contributed by atoms with Crippen LogP contribution >= 0.6 is 27.5 Å². The van der Waals surface area contributed by atoms with Crippen molar-refractivity contribution in [1.29, 1.82) is 0 Å². The van der Waals surface area contributed by atoms with E-state index in [1.54, 1.807) is 19.2 Å². The number of hydrazone groups is 1. The fourth-order valence-electron chi connectivity index (χ4n) is 3.09. The van der Waals surface area contributed by atoms with Gasteiger partial charge in [0, 0.05) is 21.8 Å². The Kier molecular flexibility index (Phi) is 6.77. The van der Waals surface area contributed by atoms with Gasteiger partial charge in [-0.05, 0) is 47.5 Å². The summed E-state index contributed by atoms with van der Waals surface area (Å²) in [4.78, 5) is 12.8. The van der Waals surface area contributed by atoms with Gasteiger partial charge in [0.1, 0.15) is 6.61 Å². The zero-order valence-electron chi connectivity index (χ0n) is 16.3. The fraction of sp³-hybridized carbons (Fsp3) is 0.182. The summed E-state index contributed by atoms with van der Waals surface area (Å²) < 4.78 is 11.9. The highest BCUT2D eigenvalue weighted by molar-refractivity contribution is 9.10. The van der Waals surface area contributed by atoms with Crippen molar-refractivity contribution in [2.75, 3.05) is 7.11 Å². The number of halogens is 2. The molecule has 0 spiro atoms. The molecule has 2 aromatic rings. The lowest BCUT2D eigenvalue weighted by Gasteiger charge is -2.32. The number of ether oxygens (including phenoxy) is 2. The summed E-state index contributed by atoms with van der Waals surface area (Å²) in [6.45, 7) is 3.93. The molecule has 0 saturated carbocycles. The van der Waals surface area contributed by atoms with Gasteiger partial charge in [0.2, 0.25) is 0 Å². The second-order valence-corrected chi connectivity index (χ2v) is 7.29. The van der Waals surface area contributed by atoms with Gasteiger partial charge in [-0.3, -0.25) is 0 Å². The van der Waals surface area contributed by atoms with Crippen LogP contribution in [-0.2, 0) is 20.9 Å². The van der Waals surface area contributed by atoms with Crippen LogP contribution in [0.3, 0.4) is 0 Å². The van der Waals surface area contributed by atoms with Gasteiger partial charge in [-0.15, -0.1) is 0 Å². The van der Waals surface area contributed by atoms with E-state index in [1.165, 1.54) is 12.1 Å². The Bertz CT molecular complexity index is 1020. The van der Waals surface area contributed by atoms with E-state index in [9.17, 15) is 4.79 Å². The van der Waals surface area contributed by atoms with Crippen LogP contribution in [0.2, 0.25) is 5.02 Å². The monoisotopic (exact) mass is 474 g/mol. The van der Waals surface area contributed by atoms with E-state index in [-0.39, 0.29) is 12.3 Å². The van der Waals surface area contributed by atoms with Crippen molar-refractivity contribution >= 4 is 51.2 Å². The lowest BCUT2D eigenvalue weighted by atomic mass is 9.96. The third-order valence-corrected chi connectivity index (χ3v) is 5.73. The van der Waals surface area contributed by atoms with Gasteiger partial charge < -0.3 is 9.47 Å². The maximum atomic E-state index is 12.8. The smallest absolute Gasteiger partial charge is 0.360 e. The first kappa shape index (κ1) is 21.1. The highest BCUT2D eigenvalue weighted by Crippen LogP contribution is 2.45. The van der Waals surface area contributed by atoms with Crippen molar-refractivity contribution in [3.8, 4) is 0 Å². The summed E-state index contributed by atoms with van der Waals surface area (Å²) in [7, 11) is 1.33. The Balaban J connectivity index is 2.25. The van der Waals surface area contributed by atoms with Crippen LogP contribution in [0.1, 0.15) is 30.5 Å². The van der Waals surface area contributed by atoms with Gasteiger partial charge in [0.25, 0.3) is 0 Å². The zero-order valence-corrected chi connectivity index (χ0v) is 18.6. The molecule has 2 aromatic carbocycles. The molecule has 150 valence electrons. The molecule has 0 atom stereocenters. The maximum absolute atomic E-state index is 12.8. The maximum Gasteiger partial charge on any atom is 0.360 e.